The van der Waals surface area contributed by atoms with Crippen LogP contribution in [0.15, 0.2) is 66.7 Å². The van der Waals surface area contributed by atoms with Crippen LogP contribution in [0.5, 0.6) is 0 Å². The van der Waals surface area contributed by atoms with E-state index >= 15 is 0 Å². The van der Waals surface area contributed by atoms with Crippen LogP contribution in [0.3, 0.4) is 0 Å². The highest BCUT2D eigenvalue weighted by Gasteiger charge is 2.36. The van der Waals surface area contributed by atoms with Crippen molar-refractivity contribution in [1.82, 2.24) is 15.6 Å². The van der Waals surface area contributed by atoms with Crippen LogP contribution in [0.25, 0.3) is 21.3 Å². The average Bonchev–Trinajstić information content (AvgIpc) is 3.70. The van der Waals surface area contributed by atoms with E-state index in [0.29, 0.717) is 40.3 Å². The first kappa shape index (κ1) is 25.7. The summed E-state index contributed by atoms with van der Waals surface area (Å²) < 4.78 is 16.7. The van der Waals surface area contributed by atoms with E-state index in [0.717, 1.165) is 34.3 Å². The van der Waals surface area contributed by atoms with Crippen molar-refractivity contribution in [2.45, 2.75) is 31.7 Å². The minimum absolute atomic E-state index is 0.0761. The molecule has 194 valence electrons. The van der Waals surface area contributed by atoms with Crippen LogP contribution in [0, 0.1) is 10.7 Å². The Bertz CT molecular complexity index is 1470. The fraction of sp³-hybridized carbons (Fsp3) is 0.276. The van der Waals surface area contributed by atoms with E-state index in [4.69, 9.17) is 0 Å². The summed E-state index contributed by atoms with van der Waals surface area (Å²) >= 11 is 1.34. The molecule has 1 fully saturated rings. The van der Waals surface area contributed by atoms with Gasteiger partial charge in [0, 0.05) is 46.2 Å². The highest BCUT2D eigenvalue weighted by Crippen LogP contribution is 2.31. The maximum Gasteiger partial charge on any atom is 0.251 e. The van der Waals surface area contributed by atoms with E-state index in [1.54, 1.807) is 30.3 Å². The van der Waals surface area contributed by atoms with Crippen LogP contribution in [0.1, 0.15) is 33.8 Å². The van der Waals surface area contributed by atoms with Gasteiger partial charge in [-0.15, -0.1) is 11.3 Å². The molecule has 1 heterocycles. The molecule has 1 aliphatic carbocycles. The molecule has 9 heteroatoms. The number of nitrogens with zero attached hydrogens (tertiary/aromatic N) is 2. The number of amides is 2. The molecule has 1 saturated carbocycles. The van der Waals surface area contributed by atoms with Crippen LogP contribution in [0.4, 0.5) is 4.39 Å². The summed E-state index contributed by atoms with van der Waals surface area (Å²) in [6, 6.07) is 20.0. The van der Waals surface area contributed by atoms with Crippen molar-refractivity contribution in [3.8, 4) is 11.1 Å². The monoisotopic (exact) mass is 531 g/mol. The number of carbonyl (C=O) groups excluding carboxylic acids is 2. The standard InChI is InChI=1S/C29H27FN4O3S/c30-24-17-25-26(38-28(33-25)18-27(35)31-14-15-34(37)22-10-11-22)16-23(24)20-6-8-21(9-7-20)29(36)32-13-12-19-4-2-1-3-5-19/h1-9,16-17,22H,10-15,18H2,(H-,31,32,35,36)/p+1. The molecule has 0 spiro atoms. The molecule has 0 radical (unpaired) electrons. The zero-order chi connectivity index (χ0) is 26.5. The van der Waals surface area contributed by atoms with Gasteiger partial charge in [-0.2, -0.15) is 0 Å². The molecule has 2 amide bonds. The third-order valence-corrected chi connectivity index (χ3v) is 7.46. The summed E-state index contributed by atoms with van der Waals surface area (Å²) in [5.74, 6) is -0.815. The highest BCUT2D eigenvalue weighted by molar-refractivity contribution is 7.18. The van der Waals surface area contributed by atoms with Crippen molar-refractivity contribution in [2.75, 3.05) is 19.6 Å². The van der Waals surface area contributed by atoms with Gasteiger partial charge in [-0.3, -0.25) is 9.59 Å². The number of nitrogens with one attached hydrogen (secondary N) is 2. The summed E-state index contributed by atoms with van der Waals surface area (Å²) in [6.45, 7) is 1.10. The van der Waals surface area contributed by atoms with Gasteiger partial charge < -0.3 is 10.6 Å². The Morgan fingerprint density at radius 1 is 1.00 bits per heavy atom. The van der Waals surface area contributed by atoms with Gasteiger partial charge in [0.1, 0.15) is 10.8 Å². The summed E-state index contributed by atoms with van der Waals surface area (Å²) in [7, 11) is 0. The molecule has 0 atom stereocenters. The number of thiazole rings is 1. The summed E-state index contributed by atoms with van der Waals surface area (Å²) in [5, 5.41) is 6.25. The second-order valence-corrected chi connectivity index (χ2v) is 10.5. The normalized spacial score (nSPS) is 12.9. The minimum atomic E-state index is -0.422. The molecule has 3 aromatic carbocycles. The van der Waals surface area contributed by atoms with E-state index in [-0.39, 0.29) is 30.8 Å². The molecule has 38 heavy (non-hydrogen) atoms. The van der Waals surface area contributed by atoms with Crippen molar-refractivity contribution < 1.29 is 18.7 Å². The Labute approximate surface area is 223 Å². The number of nitroso groups, excluding NO2 is 1. The first-order valence-electron chi connectivity index (χ1n) is 12.7. The molecule has 2 N–H and O–H groups in total. The fourth-order valence-corrected chi connectivity index (χ4v) is 5.20. The van der Waals surface area contributed by atoms with Crippen LogP contribution in [0.2, 0.25) is 0 Å². The fourth-order valence-electron chi connectivity index (χ4n) is 4.21. The first-order valence-corrected chi connectivity index (χ1v) is 13.5. The van der Waals surface area contributed by atoms with Gasteiger partial charge in [0.05, 0.1) is 23.2 Å². The van der Waals surface area contributed by atoms with E-state index in [9.17, 15) is 18.9 Å². The zero-order valence-corrected chi connectivity index (χ0v) is 21.6. The minimum Gasteiger partial charge on any atom is -0.352 e. The van der Waals surface area contributed by atoms with E-state index in [2.05, 4.69) is 15.6 Å². The number of fused-ring (bicyclic) bond motifs is 1. The highest BCUT2D eigenvalue weighted by atomic mass is 32.1. The number of benzene rings is 3. The molecular formula is C29H28FN4O3S+. The van der Waals surface area contributed by atoms with E-state index < -0.39 is 5.82 Å². The number of hydrogen-bond acceptors (Lipinski definition) is 5. The quantitative estimate of drug-likeness (QED) is 0.275. The van der Waals surface area contributed by atoms with Gasteiger partial charge in [0.25, 0.3) is 5.91 Å². The second-order valence-electron chi connectivity index (χ2n) is 9.37. The van der Waals surface area contributed by atoms with Crippen LogP contribution >= 0.6 is 11.3 Å². The third kappa shape index (κ3) is 6.47. The van der Waals surface area contributed by atoms with Crippen molar-refractivity contribution in [2.24, 2.45) is 0 Å². The zero-order valence-electron chi connectivity index (χ0n) is 20.8. The second kappa shape index (κ2) is 11.6. The van der Waals surface area contributed by atoms with Gasteiger partial charge in [-0.1, -0.05) is 42.5 Å². The average molecular weight is 532 g/mol. The van der Waals surface area contributed by atoms with E-state index in [1.165, 1.54) is 17.4 Å². The van der Waals surface area contributed by atoms with Gasteiger partial charge in [0.15, 0.2) is 0 Å². The van der Waals surface area contributed by atoms with Crippen LogP contribution in [-0.4, -0.2) is 47.2 Å². The largest absolute Gasteiger partial charge is 0.352 e. The lowest BCUT2D eigenvalue weighted by Crippen LogP contribution is -2.31. The van der Waals surface area contributed by atoms with Crippen molar-refractivity contribution >= 4 is 33.4 Å². The number of carbonyl (C=O) groups is 2. The molecule has 0 bridgehead atoms. The van der Waals surface area contributed by atoms with Gasteiger partial charge >= 0.3 is 0 Å². The predicted molar refractivity (Wildman–Crippen MR) is 146 cm³/mol. The van der Waals surface area contributed by atoms with Crippen molar-refractivity contribution in [1.29, 1.82) is 0 Å². The summed E-state index contributed by atoms with van der Waals surface area (Å²) in [6.07, 6.45) is 2.67. The first-order chi connectivity index (χ1) is 18.5. The summed E-state index contributed by atoms with van der Waals surface area (Å²) in [5.41, 5.74) is 3.21. The SMILES string of the molecule is O=C(Cc1nc2cc(F)c(-c3ccc(C(=O)NCCc4ccccc4)cc3)cc2s1)NCC[N+](=O)C1CC1. The molecular weight excluding hydrogens is 503 g/mol. The van der Waals surface area contributed by atoms with Crippen LogP contribution < -0.4 is 10.6 Å². The van der Waals surface area contributed by atoms with Gasteiger partial charge in [-0.05, 0) is 35.7 Å². The molecule has 5 rings (SSSR count). The molecule has 0 unspecified atom stereocenters. The van der Waals surface area contributed by atoms with Crippen molar-refractivity contribution in [3.63, 3.8) is 0 Å². The number of halogens is 1. The Kier molecular flexibility index (Phi) is 7.83. The molecule has 1 aliphatic rings. The molecule has 4 aromatic rings. The smallest absolute Gasteiger partial charge is 0.251 e. The lowest BCUT2D eigenvalue weighted by atomic mass is 10.0. The molecule has 1 aromatic heterocycles. The third-order valence-electron chi connectivity index (χ3n) is 6.44. The lowest BCUT2D eigenvalue weighted by molar-refractivity contribution is -0.560. The maximum absolute atomic E-state index is 14.9. The lowest BCUT2D eigenvalue weighted by Gasteiger charge is -2.07. The molecule has 0 aliphatic heterocycles. The maximum atomic E-state index is 14.9. The van der Waals surface area contributed by atoms with Gasteiger partial charge in [0.2, 0.25) is 18.5 Å². The topological polar surface area (TPSA) is 91.2 Å². The Balaban J connectivity index is 1.19. The summed E-state index contributed by atoms with van der Waals surface area (Å²) in [4.78, 5) is 40.9. The van der Waals surface area contributed by atoms with Crippen LogP contribution in [-0.2, 0) is 17.6 Å². The number of rotatable bonds is 11. The van der Waals surface area contributed by atoms with E-state index in [1.807, 2.05) is 30.3 Å². The molecule has 7 nitrogen and oxygen atoms in total. The van der Waals surface area contributed by atoms with Gasteiger partial charge in [-0.25, -0.2) is 9.37 Å². The van der Waals surface area contributed by atoms with Crippen molar-refractivity contribution in [3.05, 3.63) is 93.6 Å². The number of hydrogen-bond donors (Lipinski definition) is 2. The Morgan fingerprint density at radius 3 is 2.50 bits per heavy atom. The number of aromatic nitrogens is 1. The Hall–Kier alpha value is -3.98. The predicted octanol–water partition coefficient (Wildman–Crippen LogP) is 4.67. The Morgan fingerprint density at radius 2 is 1.76 bits per heavy atom. The molecule has 0 saturated heterocycles.